The zero-order valence-corrected chi connectivity index (χ0v) is 21.1. The van der Waals surface area contributed by atoms with Crippen LogP contribution in [0.5, 0.6) is 5.75 Å². The van der Waals surface area contributed by atoms with Crippen molar-refractivity contribution in [3.8, 4) is 5.75 Å². The van der Waals surface area contributed by atoms with Gasteiger partial charge in [-0.2, -0.15) is 0 Å². The van der Waals surface area contributed by atoms with Crippen molar-refractivity contribution in [2.24, 2.45) is 0 Å². The summed E-state index contributed by atoms with van der Waals surface area (Å²) in [7, 11) is -0.170. The number of carbonyl (C=O) groups is 2. The van der Waals surface area contributed by atoms with E-state index < -0.39 is 7.92 Å². The van der Waals surface area contributed by atoms with Gasteiger partial charge in [-0.15, -0.1) is 0 Å². The van der Waals surface area contributed by atoms with Gasteiger partial charge in [0.15, 0.2) is 11.0 Å². The Morgan fingerprint density at radius 1 is 0.625 bits per heavy atom. The molecule has 0 unspecified atom stereocenters. The van der Waals surface area contributed by atoms with Crippen molar-refractivity contribution in [2.45, 2.75) is 48.5 Å². The average Bonchev–Trinajstić information content (AvgIpc) is 2.67. The molecule has 4 heteroatoms. The molecule has 3 aromatic carbocycles. The third-order valence-electron chi connectivity index (χ3n) is 5.83. The van der Waals surface area contributed by atoms with Crippen LogP contribution < -0.4 is 10.0 Å². The molecule has 0 saturated carbocycles. The summed E-state index contributed by atoms with van der Waals surface area (Å²) >= 11 is 0. The van der Waals surface area contributed by atoms with E-state index in [0.29, 0.717) is 16.9 Å². The van der Waals surface area contributed by atoms with E-state index in [0.717, 1.165) is 44.2 Å². The van der Waals surface area contributed by atoms with Gasteiger partial charge in [0, 0.05) is 11.1 Å². The van der Waals surface area contributed by atoms with Gasteiger partial charge >= 0.3 is 0 Å². The molecule has 3 nitrogen and oxygen atoms in total. The molecular weight excluding hydrogens is 415 g/mol. The van der Waals surface area contributed by atoms with Crippen LogP contribution in [0.15, 0.2) is 42.5 Å². The molecule has 0 atom stereocenters. The molecule has 0 bridgehead atoms. The number of carbonyl (C=O) groups excluding carboxylic acids is 2. The first kappa shape index (κ1) is 23.9. The summed E-state index contributed by atoms with van der Waals surface area (Å²) in [5.41, 5.74) is 7.90. The molecule has 0 aliphatic heterocycles. The first-order chi connectivity index (χ1) is 15.0. The van der Waals surface area contributed by atoms with Crippen LogP contribution in [0, 0.1) is 48.5 Å². The highest BCUT2D eigenvalue weighted by molar-refractivity contribution is 7.96. The Hall–Kier alpha value is -2.77. The van der Waals surface area contributed by atoms with Crippen LogP contribution in [0.4, 0.5) is 0 Å². The molecule has 32 heavy (non-hydrogen) atoms. The molecule has 0 saturated heterocycles. The normalized spacial score (nSPS) is 11.0. The molecule has 166 valence electrons. The van der Waals surface area contributed by atoms with E-state index in [-0.39, 0.29) is 11.0 Å². The monoisotopic (exact) mass is 446 g/mol. The Bertz CT molecular complexity index is 1110. The number of benzene rings is 3. The van der Waals surface area contributed by atoms with Crippen molar-refractivity contribution < 1.29 is 14.3 Å². The van der Waals surface area contributed by atoms with E-state index in [4.69, 9.17) is 4.74 Å². The van der Waals surface area contributed by atoms with Crippen LogP contribution >= 0.6 is 7.92 Å². The summed E-state index contributed by atoms with van der Waals surface area (Å²) in [5.74, 6) is 0.714. The van der Waals surface area contributed by atoms with Crippen molar-refractivity contribution in [3.05, 3.63) is 92.5 Å². The molecule has 0 spiro atoms. The van der Waals surface area contributed by atoms with Crippen LogP contribution in [0.3, 0.4) is 0 Å². The van der Waals surface area contributed by atoms with Crippen molar-refractivity contribution in [3.63, 3.8) is 0 Å². The summed E-state index contributed by atoms with van der Waals surface area (Å²) in [5, 5.41) is 0.787. The average molecular weight is 447 g/mol. The van der Waals surface area contributed by atoms with Gasteiger partial charge in [0.1, 0.15) is 5.75 Å². The largest absolute Gasteiger partial charge is 0.497 e. The first-order valence-corrected chi connectivity index (χ1v) is 12.1. The fourth-order valence-electron chi connectivity index (χ4n) is 4.58. The zero-order valence-electron chi connectivity index (χ0n) is 20.2. The van der Waals surface area contributed by atoms with Gasteiger partial charge in [-0.3, -0.25) is 9.59 Å². The third kappa shape index (κ3) is 4.54. The molecule has 3 rings (SSSR count). The molecule has 0 aliphatic carbocycles. The van der Waals surface area contributed by atoms with Gasteiger partial charge in [-0.1, -0.05) is 35.4 Å². The second-order valence-corrected chi connectivity index (χ2v) is 10.6. The van der Waals surface area contributed by atoms with Crippen molar-refractivity contribution in [1.29, 1.82) is 0 Å². The molecule has 0 N–H and O–H groups in total. The Labute approximate surface area is 192 Å². The van der Waals surface area contributed by atoms with Crippen LogP contribution in [0.1, 0.15) is 59.7 Å². The van der Waals surface area contributed by atoms with Gasteiger partial charge < -0.3 is 4.74 Å². The van der Waals surface area contributed by atoms with E-state index in [9.17, 15) is 9.59 Å². The van der Waals surface area contributed by atoms with Crippen molar-refractivity contribution in [2.75, 3.05) is 7.11 Å². The number of hydrogen-bond donors (Lipinski definition) is 0. The predicted octanol–water partition coefficient (Wildman–Crippen LogP) is 6.64. The van der Waals surface area contributed by atoms with Crippen LogP contribution in [0.2, 0.25) is 0 Å². The fourth-order valence-corrected chi connectivity index (χ4v) is 6.99. The van der Waals surface area contributed by atoms with Crippen molar-refractivity contribution in [1.82, 2.24) is 0 Å². The van der Waals surface area contributed by atoms with E-state index >= 15 is 0 Å². The van der Waals surface area contributed by atoms with Gasteiger partial charge in [0.2, 0.25) is 0 Å². The maximum Gasteiger partial charge on any atom is 0.197 e. The highest BCUT2D eigenvalue weighted by Crippen LogP contribution is 2.46. The molecule has 3 aromatic rings. The number of methoxy groups -OCH3 is 1. The molecule has 0 fully saturated rings. The first-order valence-electron chi connectivity index (χ1n) is 10.7. The quantitative estimate of drug-likeness (QED) is 0.399. The van der Waals surface area contributed by atoms with Gasteiger partial charge in [0.05, 0.1) is 15.0 Å². The molecule has 0 amide bonds. The van der Waals surface area contributed by atoms with E-state index in [1.165, 1.54) is 0 Å². The van der Waals surface area contributed by atoms with Crippen LogP contribution in [-0.2, 0) is 0 Å². The number of hydrogen-bond acceptors (Lipinski definition) is 3. The Kier molecular flexibility index (Phi) is 7.00. The lowest BCUT2D eigenvalue weighted by atomic mass is 10.0. The summed E-state index contributed by atoms with van der Waals surface area (Å²) < 4.78 is 5.36. The SMILES string of the molecule is COc1ccc(P(C(=O)c2c(C)cc(C)cc2C)C(=O)c2c(C)cc(C)cc2C)c(C)c1. The van der Waals surface area contributed by atoms with Gasteiger partial charge in [-0.25, -0.2) is 0 Å². The van der Waals surface area contributed by atoms with E-state index in [2.05, 4.69) is 0 Å². The summed E-state index contributed by atoms with van der Waals surface area (Å²) in [6.45, 7) is 13.8. The predicted molar refractivity (Wildman–Crippen MR) is 134 cm³/mol. The minimum absolute atomic E-state index is 0.0901. The highest BCUT2D eigenvalue weighted by Gasteiger charge is 2.34. The number of rotatable bonds is 6. The third-order valence-corrected chi connectivity index (χ3v) is 8.08. The Morgan fingerprint density at radius 2 is 1.03 bits per heavy atom. The Balaban J connectivity index is 2.26. The van der Waals surface area contributed by atoms with Crippen LogP contribution in [-0.4, -0.2) is 18.2 Å². The Morgan fingerprint density at radius 3 is 1.38 bits per heavy atom. The minimum Gasteiger partial charge on any atom is -0.497 e. The summed E-state index contributed by atoms with van der Waals surface area (Å²) in [4.78, 5) is 28.2. The van der Waals surface area contributed by atoms with Gasteiger partial charge in [-0.05, 0) is 99.8 Å². The maximum absolute atomic E-state index is 14.1. The summed E-state index contributed by atoms with van der Waals surface area (Å²) in [6.07, 6.45) is 0. The second kappa shape index (κ2) is 9.38. The lowest BCUT2D eigenvalue weighted by molar-refractivity contribution is 0.105. The number of aryl methyl sites for hydroxylation is 7. The summed E-state index contributed by atoms with van der Waals surface area (Å²) in [6, 6.07) is 13.7. The minimum atomic E-state index is -1.79. The molecule has 0 aromatic heterocycles. The molecular formula is C28H31O3P. The lowest BCUT2D eigenvalue weighted by Crippen LogP contribution is -2.21. The standard InChI is InChI=1S/C28H31O3P/c1-16-11-19(4)25(20(5)12-16)27(29)32(24-10-9-23(31-8)15-18(24)3)28(30)26-21(6)13-17(2)14-22(26)7/h9-15H,1-8H3. The van der Waals surface area contributed by atoms with Crippen LogP contribution in [0.25, 0.3) is 0 Å². The van der Waals surface area contributed by atoms with E-state index in [1.54, 1.807) is 7.11 Å². The van der Waals surface area contributed by atoms with Crippen molar-refractivity contribution >= 4 is 24.3 Å². The number of ether oxygens (including phenoxy) is 1. The molecule has 0 heterocycles. The fraction of sp³-hybridized carbons (Fsp3) is 0.286. The second-order valence-electron chi connectivity index (χ2n) is 8.65. The topological polar surface area (TPSA) is 43.4 Å². The molecule has 0 radical (unpaired) electrons. The molecule has 0 aliphatic rings. The van der Waals surface area contributed by atoms with E-state index in [1.807, 2.05) is 90.9 Å². The van der Waals surface area contributed by atoms with Gasteiger partial charge in [0.25, 0.3) is 0 Å². The smallest absolute Gasteiger partial charge is 0.197 e. The zero-order chi connectivity index (χ0) is 23.7. The highest BCUT2D eigenvalue weighted by atomic mass is 31.1. The maximum atomic E-state index is 14.1. The lowest BCUT2D eigenvalue weighted by Gasteiger charge is -2.22.